The van der Waals surface area contributed by atoms with Crippen LogP contribution in [0.4, 0.5) is 0 Å². The molecule has 0 radical (unpaired) electrons. The predicted molar refractivity (Wildman–Crippen MR) is 9.09 cm³/mol. The number of hydrogen-bond acceptors (Lipinski definition) is 0. The van der Waals surface area contributed by atoms with Crippen molar-refractivity contribution in [2.24, 2.45) is 0 Å². The van der Waals surface area contributed by atoms with E-state index in [-0.39, 0.29) is 159 Å². The van der Waals surface area contributed by atoms with Gasteiger partial charge in [-0.1, -0.05) is 0 Å². The maximum Gasteiger partial charge on any atom is 2.00 e. The molecular weight excluding hydrogens is 355 g/mol. The van der Waals surface area contributed by atoms with Crippen LogP contribution in [-0.2, 0) is 38.1 Å². The summed E-state index contributed by atoms with van der Waals surface area (Å²) in [5.41, 5.74) is 0. The fourth-order valence-electron chi connectivity index (χ4n) is 0. The first-order valence-electron chi connectivity index (χ1n) is 0. The zero-order valence-electron chi connectivity index (χ0n) is 5.97. The number of hydrogen-bond donors (Lipinski definition) is 0. The molecule has 0 amide bonds. The Balaban J connectivity index is 0. The smallest absolute Gasteiger partial charge is 1.00 e. The van der Waals surface area contributed by atoms with Crippen LogP contribution in [0.3, 0.4) is 0 Å². The molecule has 0 fully saturated rings. The molecule has 0 bridgehead atoms. The van der Waals surface area contributed by atoms with Gasteiger partial charge in [-0.3, -0.25) is 0 Å². The molecular formula is H3CeFeKMgMo. The maximum absolute atomic E-state index is 0. The van der Waals surface area contributed by atoms with Gasteiger partial charge in [-0.25, -0.2) is 0 Å². The molecule has 0 aliphatic heterocycles. The van der Waals surface area contributed by atoms with Gasteiger partial charge < -0.3 is 4.28 Å². The summed E-state index contributed by atoms with van der Waals surface area (Å²) >= 11 is 0. The van der Waals surface area contributed by atoms with Gasteiger partial charge in [-0.2, -0.15) is 0 Å². The zero-order chi connectivity index (χ0) is 0. The van der Waals surface area contributed by atoms with E-state index in [0.717, 1.165) is 0 Å². The summed E-state index contributed by atoms with van der Waals surface area (Å²) in [4.78, 5) is 0. The summed E-state index contributed by atoms with van der Waals surface area (Å²) in [5, 5.41) is 0. The molecule has 0 aliphatic carbocycles. The van der Waals surface area contributed by atoms with Gasteiger partial charge in [0.05, 0.1) is 0 Å². The normalized spacial score (nSPS) is 0. The average Bonchev–Trinajstić information content (AvgIpc) is 0. The van der Waals surface area contributed by atoms with E-state index in [9.17, 15) is 0 Å². The fourth-order valence-corrected chi connectivity index (χ4v) is 0. The van der Waals surface area contributed by atoms with E-state index < -0.39 is 0 Å². The van der Waals surface area contributed by atoms with Crippen molar-refractivity contribution in [3.8, 4) is 0 Å². The monoisotopic (exact) mass is 360 g/mol. The van der Waals surface area contributed by atoms with E-state index in [4.69, 9.17) is 0 Å². The van der Waals surface area contributed by atoms with E-state index in [1.165, 1.54) is 0 Å². The van der Waals surface area contributed by atoms with E-state index in [1.54, 1.807) is 0 Å². The first-order valence-corrected chi connectivity index (χ1v) is 0. The molecule has 0 N–H and O–H groups in total. The molecule has 0 saturated heterocycles. The molecule has 0 aromatic rings. The third-order valence-corrected chi connectivity index (χ3v) is 0. The van der Waals surface area contributed by atoms with Gasteiger partial charge in [0.15, 0.2) is 0 Å². The van der Waals surface area contributed by atoms with E-state index in [2.05, 4.69) is 0 Å². The molecule has 5 heavy (non-hydrogen) atoms. The molecule has 0 rings (SSSR count). The van der Waals surface area contributed by atoms with Crippen molar-refractivity contribution in [1.29, 1.82) is 0 Å². The molecule has 0 nitrogen and oxygen atoms in total. The van der Waals surface area contributed by atoms with Crippen molar-refractivity contribution in [2.75, 3.05) is 0 Å². The van der Waals surface area contributed by atoms with Crippen LogP contribution in [0.15, 0.2) is 0 Å². The van der Waals surface area contributed by atoms with Crippen LogP contribution in [0.2, 0.25) is 0 Å². The molecule has 0 saturated carbocycles. The molecule has 0 aliphatic rings. The molecule has 0 spiro atoms. The van der Waals surface area contributed by atoms with Crippen molar-refractivity contribution in [2.45, 2.75) is 0 Å². The molecule has 0 heterocycles. The first kappa shape index (κ1) is 32.4. The Labute approximate surface area is 154 Å². The van der Waals surface area contributed by atoms with Crippen LogP contribution >= 0.6 is 0 Å². The second-order valence-electron chi connectivity index (χ2n) is 0. The summed E-state index contributed by atoms with van der Waals surface area (Å²) in [6.45, 7) is 0. The minimum Gasteiger partial charge on any atom is -1.00 e. The molecule has 5 heteroatoms. The van der Waals surface area contributed by atoms with Crippen LogP contribution in [0, 0.1) is 41.7 Å². The van der Waals surface area contributed by atoms with Crippen LogP contribution in [0.5, 0.6) is 0 Å². The second-order valence-corrected chi connectivity index (χ2v) is 0. The van der Waals surface area contributed by atoms with Crippen molar-refractivity contribution >= 4 is 23.1 Å². The second kappa shape index (κ2) is 23.1. The van der Waals surface area contributed by atoms with Gasteiger partial charge in [-0.05, 0) is 0 Å². The molecule has 24 valence electrons. The molecule has 0 aromatic carbocycles. The third kappa shape index (κ3) is 17.6. The van der Waals surface area contributed by atoms with Crippen molar-refractivity contribution in [3.05, 3.63) is 0 Å². The maximum atomic E-state index is 0. The average molecular weight is 358 g/mol. The summed E-state index contributed by atoms with van der Waals surface area (Å²) in [6.07, 6.45) is 0. The van der Waals surface area contributed by atoms with Crippen molar-refractivity contribution in [3.63, 3.8) is 0 Å². The topological polar surface area (TPSA) is 0 Å². The van der Waals surface area contributed by atoms with Gasteiger partial charge in [-0.15, -0.1) is 0 Å². The molecule has 0 atom stereocenters. The van der Waals surface area contributed by atoms with Crippen LogP contribution in [-0.4, -0.2) is 23.1 Å². The van der Waals surface area contributed by atoms with Gasteiger partial charge in [0, 0.05) is 79.9 Å². The van der Waals surface area contributed by atoms with Crippen molar-refractivity contribution in [1.82, 2.24) is 0 Å². The van der Waals surface area contributed by atoms with Gasteiger partial charge >= 0.3 is 74.4 Å². The number of rotatable bonds is 0. The SMILES string of the molecule is [Ce].[Fe].[H-].[H-].[H-].[K+].[Mg+2].[Mo]. The summed E-state index contributed by atoms with van der Waals surface area (Å²) < 4.78 is 0. The minimum absolute atomic E-state index is 0. The quantitative estimate of drug-likeness (QED) is 0.404. The van der Waals surface area contributed by atoms with Gasteiger partial charge in [0.1, 0.15) is 0 Å². The molecule has 0 aromatic heterocycles. The fraction of sp³-hybridized carbons (Fsp3) is 0. The standard InChI is InChI=1S/Ce.Fe.K.Mg.Mo.3H/q;;+1;+2;;3*-1. The van der Waals surface area contributed by atoms with Gasteiger partial charge in [0.25, 0.3) is 0 Å². The Hall–Kier alpha value is 4.99. The van der Waals surface area contributed by atoms with E-state index in [1.807, 2.05) is 0 Å². The van der Waals surface area contributed by atoms with Crippen LogP contribution < -0.4 is 51.4 Å². The minimum atomic E-state index is 0. The Morgan fingerprint density at radius 2 is 1.20 bits per heavy atom. The van der Waals surface area contributed by atoms with E-state index in [0.29, 0.717) is 0 Å². The van der Waals surface area contributed by atoms with Gasteiger partial charge in [0.2, 0.25) is 0 Å². The largest absolute Gasteiger partial charge is 2.00 e. The van der Waals surface area contributed by atoms with Crippen LogP contribution in [0.1, 0.15) is 4.28 Å². The molecule has 0 unspecified atom stereocenters. The summed E-state index contributed by atoms with van der Waals surface area (Å²) in [5.74, 6) is 0. The van der Waals surface area contributed by atoms with E-state index >= 15 is 0 Å². The Kier molecular flexibility index (Phi) is 150. The Morgan fingerprint density at radius 1 is 1.20 bits per heavy atom. The Morgan fingerprint density at radius 3 is 1.20 bits per heavy atom. The van der Waals surface area contributed by atoms with Crippen molar-refractivity contribution < 1.29 is 136 Å². The predicted octanol–water partition coefficient (Wildman–Crippen LogP) is -3.04. The summed E-state index contributed by atoms with van der Waals surface area (Å²) in [6, 6.07) is 0. The first-order chi connectivity index (χ1) is 0. The zero-order valence-corrected chi connectivity index (χ0v) is 13.8. The van der Waals surface area contributed by atoms with Crippen LogP contribution in [0.25, 0.3) is 0 Å². The Bertz CT molecular complexity index is 19.2. The summed E-state index contributed by atoms with van der Waals surface area (Å²) in [7, 11) is 0. The third-order valence-electron chi connectivity index (χ3n) is 0.